The maximum Gasteiger partial charge on any atom is 0.253 e. The van der Waals surface area contributed by atoms with Crippen molar-refractivity contribution in [2.75, 3.05) is 18.5 Å². The minimum absolute atomic E-state index is 0.0816. The number of nitrogens with zero attached hydrogens (tertiary/aromatic N) is 1. The van der Waals surface area contributed by atoms with Gasteiger partial charge in [-0.3, -0.25) is 9.59 Å². The molecule has 7 heteroatoms. The summed E-state index contributed by atoms with van der Waals surface area (Å²) in [6, 6.07) is 7.02. The standard InChI is InChI=1S/C19H23N3O3S/c1-2-18-21-13(12-26-18)10-17(23)22-16-8-4-3-7-15(16)19(24)20-11-14-6-5-9-25-14/h3-4,7-8,12,14H,2,5-6,9-11H2,1H3,(H,20,24)(H,22,23)/t14-/m1/s1. The Kier molecular flexibility index (Phi) is 6.35. The molecule has 2 amide bonds. The molecule has 3 rings (SSSR count). The van der Waals surface area contributed by atoms with Crippen LogP contribution < -0.4 is 10.6 Å². The van der Waals surface area contributed by atoms with Crippen molar-refractivity contribution in [3.63, 3.8) is 0 Å². The number of para-hydroxylation sites is 1. The lowest BCUT2D eigenvalue weighted by atomic mass is 10.1. The summed E-state index contributed by atoms with van der Waals surface area (Å²) in [7, 11) is 0. The van der Waals surface area contributed by atoms with Crippen LogP contribution in [-0.4, -0.2) is 36.1 Å². The highest BCUT2D eigenvalue weighted by molar-refractivity contribution is 7.09. The summed E-state index contributed by atoms with van der Waals surface area (Å²) in [6.07, 6.45) is 3.14. The minimum atomic E-state index is -0.210. The molecule has 0 saturated carbocycles. The van der Waals surface area contributed by atoms with Crippen molar-refractivity contribution in [1.82, 2.24) is 10.3 Å². The summed E-state index contributed by atoms with van der Waals surface area (Å²) in [5, 5.41) is 8.63. The zero-order valence-corrected chi connectivity index (χ0v) is 15.6. The van der Waals surface area contributed by atoms with Crippen LogP contribution in [0.2, 0.25) is 0 Å². The second-order valence-electron chi connectivity index (χ2n) is 6.20. The van der Waals surface area contributed by atoms with Gasteiger partial charge < -0.3 is 15.4 Å². The monoisotopic (exact) mass is 373 g/mol. The molecule has 0 unspecified atom stereocenters. The second-order valence-corrected chi connectivity index (χ2v) is 7.14. The van der Waals surface area contributed by atoms with Gasteiger partial charge in [-0.1, -0.05) is 19.1 Å². The Morgan fingerprint density at radius 2 is 2.19 bits per heavy atom. The van der Waals surface area contributed by atoms with Gasteiger partial charge in [-0.15, -0.1) is 11.3 Å². The molecule has 26 heavy (non-hydrogen) atoms. The van der Waals surface area contributed by atoms with Crippen molar-refractivity contribution < 1.29 is 14.3 Å². The molecule has 6 nitrogen and oxygen atoms in total. The van der Waals surface area contributed by atoms with Crippen LogP contribution in [0.5, 0.6) is 0 Å². The molecule has 1 fully saturated rings. The topological polar surface area (TPSA) is 80.3 Å². The first-order valence-electron chi connectivity index (χ1n) is 8.87. The van der Waals surface area contributed by atoms with E-state index in [1.807, 2.05) is 12.3 Å². The van der Waals surface area contributed by atoms with Crippen LogP contribution in [0.1, 0.15) is 40.8 Å². The number of rotatable bonds is 7. The Labute approximate surface area is 157 Å². The maximum absolute atomic E-state index is 12.5. The van der Waals surface area contributed by atoms with E-state index in [1.54, 1.807) is 35.6 Å². The fourth-order valence-electron chi connectivity index (χ4n) is 2.85. The summed E-state index contributed by atoms with van der Waals surface area (Å²) < 4.78 is 5.52. The van der Waals surface area contributed by atoms with Crippen LogP contribution in [0, 0.1) is 0 Å². The van der Waals surface area contributed by atoms with Gasteiger partial charge >= 0.3 is 0 Å². The lowest BCUT2D eigenvalue weighted by Gasteiger charge is -2.13. The average Bonchev–Trinajstić information content (AvgIpc) is 3.31. The Bertz CT molecular complexity index is 769. The number of thiazole rings is 1. The minimum Gasteiger partial charge on any atom is -0.376 e. The summed E-state index contributed by atoms with van der Waals surface area (Å²) in [4.78, 5) is 29.2. The molecule has 2 heterocycles. The molecule has 1 aromatic heterocycles. The highest BCUT2D eigenvalue weighted by Gasteiger charge is 2.18. The first kappa shape index (κ1) is 18.5. The van der Waals surface area contributed by atoms with Crippen LogP contribution in [0.4, 0.5) is 5.69 Å². The zero-order valence-electron chi connectivity index (χ0n) is 14.8. The van der Waals surface area contributed by atoms with Crippen molar-refractivity contribution in [3.8, 4) is 0 Å². The number of nitrogens with one attached hydrogen (secondary N) is 2. The SMILES string of the molecule is CCc1nc(CC(=O)Nc2ccccc2C(=O)NC[C@H]2CCCO2)cs1. The normalized spacial score (nSPS) is 16.4. The third-order valence-corrected chi connectivity index (χ3v) is 5.25. The number of carbonyl (C=O) groups excluding carboxylic acids is 2. The molecular formula is C19H23N3O3S. The van der Waals surface area contributed by atoms with Gasteiger partial charge in [0.05, 0.1) is 34.5 Å². The maximum atomic E-state index is 12.5. The van der Waals surface area contributed by atoms with Gasteiger partial charge in [0.2, 0.25) is 5.91 Å². The molecule has 0 spiro atoms. The van der Waals surface area contributed by atoms with E-state index in [0.29, 0.717) is 17.8 Å². The predicted octanol–water partition coefficient (Wildman–Crippen LogP) is 2.80. The third kappa shape index (κ3) is 4.89. The average molecular weight is 373 g/mol. The number of aromatic nitrogens is 1. The zero-order chi connectivity index (χ0) is 18.4. The summed E-state index contributed by atoms with van der Waals surface area (Å²) in [6.45, 7) is 3.28. The van der Waals surface area contributed by atoms with Crippen molar-refractivity contribution in [2.45, 2.75) is 38.7 Å². The van der Waals surface area contributed by atoms with Crippen molar-refractivity contribution >= 4 is 28.8 Å². The molecule has 0 radical (unpaired) electrons. The van der Waals surface area contributed by atoms with E-state index in [2.05, 4.69) is 15.6 Å². The number of benzene rings is 1. The van der Waals surface area contributed by atoms with Crippen LogP contribution in [0.15, 0.2) is 29.6 Å². The predicted molar refractivity (Wildman–Crippen MR) is 102 cm³/mol. The largest absolute Gasteiger partial charge is 0.376 e. The Hall–Kier alpha value is -2.25. The molecule has 138 valence electrons. The Morgan fingerprint density at radius 3 is 2.92 bits per heavy atom. The van der Waals surface area contributed by atoms with Gasteiger partial charge in [-0.25, -0.2) is 4.98 Å². The van der Waals surface area contributed by atoms with E-state index in [-0.39, 0.29) is 24.3 Å². The van der Waals surface area contributed by atoms with E-state index in [4.69, 9.17) is 4.74 Å². The molecule has 1 saturated heterocycles. The second kappa shape index (κ2) is 8.91. The number of amides is 2. The van der Waals surface area contributed by atoms with Gasteiger partial charge in [0.1, 0.15) is 0 Å². The van der Waals surface area contributed by atoms with Gasteiger partial charge in [0.25, 0.3) is 5.91 Å². The summed E-state index contributed by atoms with van der Waals surface area (Å²) in [5.74, 6) is -0.393. The number of aryl methyl sites for hydroxylation is 1. The highest BCUT2D eigenvalue weighted by Crippen LogP contribution is 2.17. The molecule has 1 aliphatic rings. The van der Waals surface area contributed by atoms with Crippen molar-refractivity contribution in [2.24, 2.45) is 0 Å². The molecule has 1 atom stereocenters. The summed E-state index contributed by atoms with van der Waals surface area (Å²) in [5.41, 5.74) is 1.71. The Morgan fingerprint density at radius 1 is 1.35 bits per heavy atom. The first-order valence-corrected chi connectivity index (χ1v) is 9.75. The highest BCUT2D eigenvalue weighted by atomic mass is 32.1. The fraction of sp³-hybridized carbons (Fsp3) is 0.421. The van der Waals surface area contributed by atoms with Gasteiger partial charge in [0.15, 0.2) is 0 Å². The number of anilines is 1. The molecule has 2 N–H and O–H groups in total. The summed E-state index contributed by atoms with van der Waals surface area (Å²) >= 11 is 1.56. The van der Waals surface area contributed by atoms with E-state index in [0.717, 1.165) is 36.6 Å². The van der Waals surface area contributed by atoms with Crippen LogP contribution in [0.25, 0.3) is 0 Å². The number of hydrogen-bond donors (Lipinski definition) is 2. The van der Waals surface area contributed by atoms with Gasteiger partial charge in [-0.2, -0.15) is 0 Å². The quantitative estimate of drug-likeness (QED) is 0.782. The molecule has 0 bridgehead atoms. The molecule has 0 aliphatic carbocycles. The first-order chi connectivity index (χ1) is 12.7. The van der Waals surface area contributed by atoms with E-state index >= 15 is 0 Å². The van der Waals surface area contributed by atoms with Gasteiger partial charge in [-0.05, 0) is 31.4 Å². The number of carbonyl (C=O) groups is 2. The Balaban J connectivity index is 1.60. The lowest BCUT2D eigenvalue weighted by molar-refractivity contribution is -0.115. The van der Waals surface area contributed by atoms with E-state index in [9.17, 15) is 9.59 Å². The van der Waals surface area contributed by atoms with Crippen molar-refractivity contribution in [1.29, 1.82) is 0 Å². The fourth-order valence-corrected chi connectivity index (χ4v) is 3.59. The number of hydrogen-bond acceptors (Lipinski definition) is 5. The van der Waals surface area contributed by atoms with Gasteiger partial charge in [0, 0.05) is 18.5 Å². The number of ether oxygens (including phenoxy) is 1. The van der Waals surface area contributed by atoms with E-state index in [1.165, 1.54) is 0 Å². The smallest absolute Gasteiger partial charge is 0.253 e. The van der Waals surface area contributed by atoms with Crippen LogP contribution in [-0.2, 0) is 22.4 Å². The molecule has 1 aromatic carbocycles. The van der Waals surface area contributed by atoms with Crippen LogP contribution >= 0.6 is 11.3 Å². The lowest BCUT2D eigenvalue weighted by Crippen LogP contribution is -2.32. The molecular weight excluding hydrogens is 350 g/mol. The molecule has 1 aliphatic heterocycles. The van der Waals surface area contributed by atoms with E-state index < -0.39 is 0 Å². The van der Waals surface area contributed by atoms with Crippen LogP contribution in [0.3, 0.4) is 0 Å². The molecule has 2 aromatic rings. The third-order valence-electron chi connectivity index (χ3n) is 4.20. The van der Waals surface area contributed by atoms with Crippen molar-refractivity contribution in [3.05, 3.63) is 45.9 Å².